The van der Waals surface area contributed by atoms with E-state index in [0.29, 0.717) is 11.8 Å². The van der Waals surface area contributed by atoms with E-state index in [1.54, 1.807) is 0 Å². The van der Waals surface area contributed by atoms with Crippen LogP contribution in [0, 0.1) is 17.3 Å². The zero-order valence-corrected chi connectivity index (χ0v) is 19.8. The van der Waals surface area contributed by atoms with E-state index >= 15 is 0 Å². The summed E-state index contributed by atoms with van der Waals surface area (Å²) in [5.41, 5.74) is 3.16. The second-order valence-electron chi connectivity index (χ2n) is 9.65. The summed E-state index contributed by atoms with van der Waals surface area (Å²) in [6.07, 6.45) is 10.0. The van der Waals surface area contributed by atoms with Gasteiger partial charge in [0, 0.05) is 11.8 Å². The summed E-state index contributed by atoms with van der Waals surface area (Å²) in [7, 11) is 2.91. The first kappa shape index (κ1) is 25.5. The van der Waals surface area contributed by atoms with Gasteiger partial charge in [-0.2, -0.15) is 0 Å². The normalized spacial score (nSPS) is 24.2. The topological polar surface area (TPSA) is 55.8 Å². The molecule has 1 N–H and O–H groups in total. The second kappa shape index (κ2) is 11.6. The number of carbonyl (C=O) groups is 1. The van der Waals surface area contributed by atoms with Gasteiger partial charge in [0.2, 0.25) is 11.5 Å². The lowest BCUT2D eigenvalue weighted by Crippen LogP contribution is -2.40. The van der Waals surface area contributed by atoms with Gasteiger partial charge in [-0.1, -0.05) is 51.0 Å². The van der Waals surface area contributed by atoms with E-state index in [1.807, 2.05) is 6.92 Å². The molecule has 1 aliphatic rings. The van der Waals surface area contributed by atoms with Crippen LogP contribution in [-0.4, -0.2) is 31.2 Å². The molecule has 0 fully saturated rings. The Kier molecular flexibility index (Phi) is 10.2. The number of hydrogen-bond donors (Lipinski definition) is 1. The van der Waals surface area contributed by atoms with Gasteiger partial charge in [0.25, 0.3) is 0 Å². The smallest absolute Gasteiger partial charge is 0.204 e. The average Bonchev–Trinajstić information content (AvgIpc) is 2.63. The van der Waals surface area contributed by atoms with Gasteiger partial charge in [-0.25, -0.2) is 0 Å². The van der Waals surface area contributed by atoms with Crippen LogP contribution in [0.4, 0.5) is 0 Å². The third kappa shape index (κ3) is 8.00. The maximum atomic E-state index is 12.5. The fraction of sp³-hybridized carbons (Fsp3) is 0.720. The molecule has 0 aromatic rings. The van der Waals surface area contributed by atoms with Crippen LogP contribution in [0.5, 0.6) is 0 Å². The van der Waals surface area contributed by atoms with Gasteiger partial charge in [-0.15, -0.1) is 0 Å². The van der Waals surface area contributed by atoms with Crippen molar-refractivity contribution in [2.45, 2.75) is 86.2 Å². The summed E-state index contributed by atoms with van der Waals surface area (Å²) in [6.45, 7) is 13.1. The Hall–Kier alpha value is -1.55. The van der Waals surface area contributed by atoms with Crippen LogP contribution in [0.3, 0.4) is 0 Å². The highest BCUT2D eigenvalue weighted by Crippen LogP contribution is 2.35. The Morgan fingerprint density at radius 1 is 1.07 bits per heavy atom. The van der Waals surface area contributed by atoms with Gasteiger partial charge in [0.15, 0.2) is 5.76 Å². The molecule has 0 aromatic carbocycles. The number of ether oxygens (including phenoxy) is 2. The minimum absolute atomic E-state index is 0.0977. The summed E-state index contributed by atoms with van der Waals surface area (Å²) in [4.78, 5) is 12.5. The lowest BCUT2D eigenvalue weighted by atomic mass is 9.77. The predicted molar refractivity (Wildman–Crippen MR) is 119 cm³/mol. The number of allylic oxidation sites excluding steroid dienone is 5. The van der Waals surface area contributed by atoms with E-state index in [1.165, 1.54) is 44.6 Å². The number of aliphatic hydroxyl groups excluding tert-OH is 1. The van der Waals surface area contributed by atoms with Crippen molar-refractivity contribution in [3.05, 3.63) is 34.8 Å². The molecule has 29 heavy (non-hydrogen) atoms. The molecule has 0 amide bonds. The molecule has 166 valence electrons. The summed E-state index contributed by atoms with van der Waals surface area (Å²) in [5.74, 6) is -0.189. The molecular weight excluding hydrogens is 364 g/mol. The molecule has 1 aliphatic carbocycles. The van der Waals surface area contributed by atoms with E-state index in [0.717, 1.165) is 12.8 Å². The summed E-state index contributed by atoms with van der Waals surface area (Å²) >= 11 is 0. The van der Waals surface area contributed by atoms with Crippen molar-refractivity contribution in [3.8, 4) is 0 Å². The highest BCUT2D eigenvalue weighted by atomic mass is 16.5. The monoisotopic (exact) mass is 406 g/mol. The standard InChI is InChI=1S/C25H42O4/c1-17(13-10-16-25(4,5)6)11-9-12-18(2)14-15-20-19(3)21(26)23(28-7)24(29-8)22(20)27/h11,14,19-20,22,27H,9-10,12-13,15-16H2,1-8H3/b17-11+,18-14+. The van der Waals surface area contributed by atoms with Crippen LogP contribution in [0.25, 0.3) is 0 Å². The lowest BCUT2D eigenvalue weighted by Gasteiger charge is -2.33. The number of carbonyl (C=O) groups excluding carboxylic acids is 1. The number of hydrogen-bond acceptors (Lipinski definition) is 4. The van der Waals surface area contributed by atoms with Crippen molar-refractivity contribution in [2.75, 3.05) is 14.2 Å². The van der Waals surface area contributed by atoms with E-state index in [2.05, 4.69) is 46.8 Å². The fourth-order valence-electron chi connectivity index (χ4n) is 3.86. The molecule has 0 radical (unpaired) electrons. The molecule has 4 heteroatoms. The molecule has 0 heterocycles. The summed E-state index contributed by atoms with van der Waals surface area (Å²) in [5, 5.41) is 10.7. The molecule has 0 saturated heterocycles. The quantitative estimate of drug-likeness (QED) is 0.454. The molecule has 3 atom stereocenters. The second-order valence-corrected chi connectivity index (χ2v) is 9.65. The van der Waals surface area contributed by atoms with Gasteiger partial charge in [0.1, 0.15) is 6.10 Å². The third-order valence-electron chi connectivity index (χ3n) is 5.87. The molecular formula is C25H42O4. The number of ketones is 1. The van der Waals surface area contributed by atoms with Crippen LogP contribution < -0.4 is 0 Å². The van der Waals surface area contributed by atoms with Crippen molar-refractivity contribution in [1.82, 2.24) is 0 Å². The number of rotatable bonds is 10. The molecule has 1 rings (SSSR count). The van der Waals surface area contributed by atoms with Gasteiger partial charge in [-0.3, -0.25) is 4.79 Å². The summed E-state index contributed by atoms with van der Waals surface area (Å²) in [6, 6.07) is 0. The first-order chi connectivity index (χ1) is 13.5. The van der Waals surface area contributed by atoms with Crippen LogP contribution in [-0.2, 0) is 14.3 Å². The number of methoxy groups -OCH3 is 2. The Labute approximate surface area is 178 Å². The van der Waals surface area contributed by atoms with E-state index < -0.39 is 6.10 Å². The van der Waals surface area contributed by atoms with Crippen LogP contribution in [0.1, 0.15) is 80.1 Å². The van der Waals surface area contributed by atoms with E-state index in [9.17, 15) is 9.90 Å². The van der Waals surface area contributed by atoms with Gasteiger partial charge in [-0.05, 0) is 57.8 Å². The van der Waals surface area contributed by atoms with Crippen molar-refractivity contribution in [3.63, 3.8) is 0 Å². The maximum absolute atomic E-state index is 12.5. The molecule has 4 nitrogen and oxygen atoms in total. The molecule has 0 saturated carbocycles. The minimum Gasteiger partial charge on any atom is -0.494 e. The zero-order chi connectivity index (χ0) is 22.2. The van der Waals surface area contributed by atoms with Crippen LogP contribution in [0.2, 0.25) is 0 Å². The zero-order valence-electron chi connectivity index (χ0n) is 19.8. The third-order valence-corrected chi connectivity index (χ3v) is 5.87. The van der Waals surface area contributed by atoms with Crippen molar-refractivity contribution < 1.29 is 19.4 Å². The number of aliphatic hydroxyl groups is 1. The van der Waals surface area contributed by atoms with Crippen molar-refractivity contribution in [1.29, 1.82) is 0 Å². The Morgan fingerprint density at radius 2 is 1.69 bits per heavy atom. The van der Waals surface area contributed by atoms with Crippen LogP contribution >= 0.6 is 0 Å². The number of Topliss-reactive ketones (excluding diaryl/α,β-unsaturated/α-hetero) is 1. The lowest BCUT2D eigenvalue weighted by molar-refractivity contribution is -0.128. The Morgan fingerprint density at radius 3 is 2.24 bits per heavy atom. The highest BCUT2D eigenvalue weighted by molar-refractivity contribution is 5.97. The SMILES string of the molecule is COC1=C(OC)C(O)C(C/C=C(\C)CC/C=C(\C)CCCC(C)(C)C)C(C)C1=O. The maximum Gasteiger partial charge on any atom is 0.204 e. The molecule has 3 unspecified atom stereocenters. The first-order valence-electron chi connectivity index (χ1n) is 10.9. The molecule has 0 bridgehead atoms. The van der Waals surface area contributed by atoms with Gasteiger partial charge < -0.3 is 14.6 Å². The van der Waals surface area contributed by atoms with Crippen LogP contribution in [0.15, 0.2) is 34.8 Å². The fourth-order valence-corrected chi connectivity index (χ4v) is 3.86. The molecule has 0 aromatic heterocycles. The van der Waals surface area contributed by atoms with E-state index in [-0.39, 0.29) is 29.1 Å². The average molecular weight is 407 g/mol. The Bertz CT molecular complexity index is 634. The van der Waals surface area contributed by atoms with Crippen molar-refractivity contribution in [2.24, 2.45) is 17.3 Å². The summed E-state index contributed by atoms with van der Waals surface area (Å²) < 4.78 is 10.4. The molecule has 0 spiro atoms. The largest absolute Gasteiger partial charge is 0.494 e. The van der Waals surface area contributed by atoms with E-state index in [4.69, 9.17) is 9.47 Å². The van der Waals surface area contributed by atoms with Gasteiger partial charge in [0.05, 0.1) is 14.2 Å². The Balaban J connectivity index is 2.59. The predicted octanol–water partition coefficient (Wildman–Crippen LogP) is 5.97. The molecule has 0 aliphatic heterocycles. The first-order valence-corrected chi connectivity index (χ1v) is 10.9. The highest BCUT2D eigenvalue weighted by Gasteiger charge is 2.42. The van der Waals surface area contributed by atoms with Gasteiger partial charge >= 0.3 is 0 Å². The minimum atomic E-state index is -0.823. The van der Waals surface area contributed by atoms with Crippen molar-refractivity contribution >= 4 is 5.78 Å².